The largest absolute Gasteiger partial charge is 0.460 e. The van der Waals surface area contributed by atoms with Gasteiger partial charge in [-0.2, -0.15) is 0 Å². The van der Waals surface area contributed by atoms with Crippen LogP contribution in [0.4, 0.5) is 4.79 Å². The number of carbonyl (C=O) groups excluding carboxylic acids is 2. The maximum Gasteiger partial charge on any atom is 0.333 e. The van der Waals surface area contributed by atoms with Gasteiger partial charge in [0.2, 0.25) is 0 Å². The molecule has 0 aromatic rings. The van der Waals surface area contributed by atoms with E-state index in [9.17, 15) is 9.59 Å². The number of hydrogen-bond acceptors (Lipinski definition) is 5. The number of esters is 1. The van der Waals surface area contributed by atoms with Crippen LogP contribution >= 0.6 is 0 Å². The van der Waals surface area contributed by atoms with Crippen molar-refractivity contribution in [1.82, 2.24) is 10.6 Å². The summed E-state index contributed by atoms with van der Waals surface area (Å²) in [5, 5.41) is 5.44. The third-order valence-electron chi connectivity index (χ3n) is 6.96. The first kappa shape index (κ1) is 35.1. The van der Waals surface area contributed by atoms with Gasteiger partial charge in [0.05, 0.1) is 6.54 Å². The second kappa shape index (κ2) is 12.7. The highest BCUT2D eigenvalue weighted by molar-refractivity contribution is 6.90. The molecule has 0 heterocycles. The van der Waals surface area contributed by atoms with Crippen LogP contribution in [0, 0.1) is 0 Å². The van der Waals surface area contributed by atoms with Gasteiger partial charge in [-0.1, -0.05) is 89.7 Å². The summed E-state index contributed by atoms with van der Waals surface area (Å²) in [6, 6.07) is 0.652. The van der Waals surface area contributed by atoms with Crippen LogP contribution in [-0.2, 0) is 17.8 Å². The summed E-state index contributed by atoms with van der Waals surface area (Å²) < 4.78 is 19.3. The van der Waals surface area contributed by atoms with E-state index in [1.165, 1.54) is 0 Å². The fourth-order valence-corrected chi connectivity index (χ4v) is 25.5. The molecule has 10 heteroatoms. The van der Waals surface area contributed by atoms with Crippen LogP contribution in [0.25, 0.3) is 0 Å². The molecule has 0 spiro atoms. The van der Waals surface area contributed by atoms with Gasteiger partial charge in [-0.3, -0.25) is 0 Å². The summed E-state index contributed by atoms with van der Waals surface area (Å²) in [5.41, 5.74) is 0.341. The number of rotatable bonds is 11. The fraction of sp³-hybridized carbons (Fsp3) is 0.846. The number of ether oxygens (including phenoxy) is 1. The van der Waals surface area contributed by atoms with Crippen molar-refractivity contribution in [3.63, 3.8) is 0 Å². The predicted molar refractivity (Wildman–Crippen MR) is 159 cm³/mol. The minimum absolute atomic E-state index is 0.0322. The van der Waals surface area contributed by atoms with E-state index in [4.69, 9.17) is 13.0 Å². The van der Waals surface area contributed by atoms with Crippen LogP contribution in [0.5, 0.6) is 0 Å². The number of carbonyl (C=O) groups is 2. The molecule has 0 radical (unpaired) electrons. The molecule has 0 aliphatic carbocycles. The van der Waals surface area contributed by atoms with Crippen LogP contribution in [0.15, 0.2) is 12.2 Å². The molecule has 36 heavy (non-hydrogen) atoms. The van der Waals surface area contributed by atoms with E-state index >= 15 is 0 Å². The number of nitrogens with one attached hydrogen (secondary N) is 2. The van der Waals surface area contributed by atoms with Gasteiger partial charge in [-0.15, -0.1) is 0 Å². The topological polar surface area (TPSA) is 85.9 Å². The Morgan fingerprint density at radius 3 is 1.61 bits per heavy atom. The predicted octanol–water partition coefficient (Wildman–Crippen LogP) is 5.70. The lowest BCUT2D eigenvalue weighted by Crippen LogP contribution is -2.68. The zero-order valence-corrected chi connectivity index (χ0v) is 29.8. The molecule has 0 aliphatic rings. The first-order chi connectivity index (χ1) is 16.0. The van der Waals surface area contributed by atoms with Crippen LogP contribution in [-0.4, -0.2) is 59.1 Å². The summed E-state index contributed by atoms with van der Waals surface area (Å²) in [6.07, 6.45) is 0.818. The van der Waals surface area contributed by atoms with Crippen molar-refractivity contribution in [1.29, 1.82) is 0 Å². The second-order valence-electron chi connectivity index (χ2n) is 14.0. The third kappa shape index (κ3) is 8.54. The summed E-state index contributed by atoms with van der Waals surface area (Å²) in [6.45, 7) is 33.5. The molecule has 2 amide bonds. The van der Waals surface area contributed by atoms with E-state index in [1.807, 2.05) is 0 Å². The molecule has 0 bridgehead atoms. The zero-order chi connectivity index (χ0) is 28.8. The van der Waals surface area contributed by atoms with Crippen molar-refractivity contribution < 1.29 is 22.6 Å². The fourth-order valence-electron chi connectivity index (χ4n) is 5.60. The lowest BCUT2D eigenvalue weighted by atomic mass is 10.2. The summed E-state index contributed by atoms with van der Waals surface area (Å²) in [4.78, 5) is 23.7. The van der Waals surface area contributed by atoms with E-state index in [-0.39, 0.29) is 39.3 Å². The van der Waals surface area contributed by atoms with Crippen molar-refractivity contribution in [2.45, 2.75) is 123 Å². The highest BCUT2D eigenvalue weighted by atomic mass is 28.5. The number of urea groups is 1. The Hall–Kier alpha value is -0.949. The normalized spacial score (nSPS) is 13.9. The Kier molecular flexibility index (Phi) is 12.4. The maximum atomic E-state index is 12.3. The second-order valence-corrected chi connectivity index (χ2v) is 25.8. The summed E-state index contributed by atoms with van der Waals surface area (Å²) in [7, 11) is -4.52. The first-order valence-electron chi connectivity index (χ1n) is 13.1. The molecule has 212 valence electrons. The Morgan fingerprint density at radius 2 is 1.25 bits per heavy atom. The van der Waals surface area contributed by atoms with Gasteiger partial charge in [-0.25, -0.2) is 9.59 Å². The Labute approximate surface area is 226 Å². The van der Waals surface area contributed by atoms with Gasteiger partial charge in [-0.05, 0) is 29.5 Å². The minimum Gasteiger partial charge on any atom is -0.460 e. The quantitative estimate of drug-likeness (QED) is 0.147. The lowest BCUT2D eigenvalue weighted by molar-refractivity contribution is -0.138. The smallest absolute Gasteiger partial charge is 0.333 e. The van der Waals surface area contributed by atoms with Gasteiger partial charge < -0.3 is 23.6 Å². The molecular formula is C26H56N2O5Si3. The van der Waals surface area contributed by atoms with E-state index in [2.05, 4.69) is 100 Å². The van der Waals surface area contributed by atoms with Crippen LogP contribution in [0.1, 0.15) is 96.4 Å². The Morgan fingerprint density at radius 1 is 0.806 bits per heavy atom. The summed E-state index contributed by atoms with van der Waals surface area (Å²) >= 11 is 0. The Balaban J connectivity index is 5.66. The molecular weight excluding hydrogens is 505 g/mol. The van der Waals surface area contributed by atoms with Crippen LogP contribution < -0.4 is 10.6 Å². The number of hydrogen-bond donors (Lipinski definition) is 2. The highest BCUT2D eigenvalue weighted by Crippen LogP contribution is 2.61. The minimum atomic E-state index is -2.67. The summed E-state index contributed by atoms with van der Waals surface area (Å²) in [5.74, 6) is -0.452. The molecule has 0 atom stereocenters. The van der Waals surface area contributed by atoms with Gasteiger partial charge in [0.1, 0.15) is 17.1 Å². The van der Waals surface area contributed by atoms with Gasteiger partial charge in [0, 0.05) is 22.2 Å². The van der Waals surface area contributed by atoms with Crippen LogP contribution in [0.2, 0.25) is 26.2 Å². The SMILES string of the molecule is C=C(C)C(=O)OCCNC(=O)NCCC[Si](O[Si](O[SiH3])(C(C)(C)C)C(C)(C)C)(C(C)(C)C)C(C)(C)C. The van der Waals surface area contributed by atoms with Crippen molar-refractivity contribution >= 4 is 39.4 Å². The average molecular weight is 561 g/mol. The van der Waals surface area contributed by atoms with E-state index in [1.54, 1.807) is 6.92 Å². The first-order valence-corrected chi connectivity index (χ1v) is 17.8. The zero-order valence-electron chi connectivity index (χ0n) is 25.8. The van der Waals surface area contributed by atoms with E-state index in [0.29, 0.717) is 22.6 Å². The molecule has 2 N–H and O–H groups in total. The lowest BCUT2D eigenvalue weighted by Gasteiger charge is -2.60. The molecule has 0 fully saturated rings. The van der Waals surface area contributed by atoms with Crippen molar-refractivity contribution in [3.8, 4) is 0 Å². The molecule has 0 unspecified atom stereocenters. The molecule has 0 saturated carbocycles. The van der Waals surface area contributed by atoms with Gasteiger partial charge in [0.25, 0.3) is 0 Å². The standard InChI is InChI=1S/C26H56N2O5Si3/c1-20(2)21(29)31-18-17-28-22(30)27-16-15-19-35(23(3,4)5,24(6,7)8)33-36(32-34,25(9,10)11)26(12,13)14/h1,15-19H2,2-14,34H3,(H2,27,28,30). The van der Waals surface area contributed by atoms with E-state index in [0.717, 1.165) is 12.5 Å². The maximum absolute atomic E-state index is 12.3. The van der Waals surface area contributed by atoms with Crippen molar-refractivity contribution in [3.05, 3.63) is 12.2 Å². The van der Waals surface area contributed by atoms with Gasteiger partial charge in [0.15, 0.2) is 8.32 Å². The molecule has 0 saturated heterocycles. The number of amides is 2. The average Bonchev–Trinajstić information content (AvgIpc) is 2.66. The van der Waals surface area contributed by atoms with E-state index < -0.39 is 22.8 Å². The molecule has 0 aliphatic heterocycles. The van der Waals surface area contributed by atoms with Crippen LogP contribution in [0.3, 0.4) is 0 Å². The molecule has 0 aromatic carbocycles. The van der Waals surface area contributed by atoms with Crippen molar-refractivity contribution in [2.24, 2.45) is 0 Å². The van der Waals surface area contributed by atoms with Gasteiger partial charge >= 0.3 is 20.6 Å². The monoisotopic (exact) mass is 560 g/mol. The van der Waals surface area contributed by atoms with Crippen molar-refractivity contribution in [2.75, 3.05) is 19.7 Å². The highest BCUT2D eigenvalue weighted by Gasteiger charge is 2.65. The molecule has 0 rings (SSSR count). The molecule has 7 nitrogen and oxygen atoms in total. The third-order valence-corrected chi connectivity index (χ3v) is 21.7. The molecule has 0 aromatic heterocycles. The Bertz CT molecular complexity index is 732.